The number of benzene rings is 2. The molecular formula is C35H49NO6. The molecule has 2 aromatic carbocycles. The van der Waals surface area contributed by atoms with Crippen molar-refractivity contribution in [2.24, 2.45) is 5.92 Å². The Balaban J connectivity index is 1.55. The second-order valence-corrected chi connectivity index (χ2v) is 10.7. The van der Waals surface area contributed by atoms with E-state index in [9.17, 15) is 9.59 Å². The van der Waals surface area contributed by atoms with Crippen LogP contribution >= 0.6 is 0 Å². The summed E-state index contributed by atoms with van der Waals surface area (Å²) >= 11 is 0. The van der Waals surface area contributed by atoms with E-state index in [1.807, 2.05) is 56.3 Å². The van der Waals surface area contributed by atoms with Crippen LogP contribution in [-0.4, -0.2) is 69.5 Å². The first-order valence-corrected chi connectivity index (χ1v) is 15.7. The minimum absolute atomic E-state index is 0.133. The first kappa shape index (κ1) is 33.3. The van der Waals surface area contributed by atoms with Crippen LogP contribution in [0.25, 0.3) is 6.08 Å². The van der Waals surface area contributed by atoms with Gasteiger partial charge in [-0.2, -0.15) is 0 Å². The van der Waals surface area contributed by atoms with Crippen molar-refractivity contribution in [1.82, 2.24) is 4.90 Å². The monoisotopic (exact) mass is 579 g/mol. The van der Waals surface area contributed by atoms with Gasteiger partial charge in [0, 0.05) is 25.1 Å². The van der Waals surface area contributed by atoms with Crippen LogP contribution in [0.5, 0.6) is 5.75 Å². The first-order valence-electron chi connectivity index (χ1n) is 15.7. The largest absolute Gasteiger partial charge is 0.493 e. The molecular weight excluding hydrogens is 530 g/mol. The number of unbranched alkanes of at least 4 members (excludes halogenated alkanes) is 3. The van der Waals surface area contributed by atoms with Crippen molar-refractivity contribution in [2.45, 2.75) is 65.2 Å². The van der Waals surface area contributed by atoms with Crippen molar-refractivity contribution in [3.8, 4) is 5.75 Å². The molecule has 0 bridgehead atoms. The minimum atomic E-state index is -0.298. The molecule has 1 saturated heterocycles. The summed E-state index contributed by atoms with van der Waals surface area (Å²) in [5.41, 5.74) is 2.79. The zero-order valence-electron chi connectivity index (χ0n) is 25.6. The lowest BCUT2D eigenvalue weighted by molar-refractivity contribution is -0.143. The van der Waals surface area contributed by atoms with E-state index in [2.05, 4.69) is 23.1 Å². The number of allylic oxidation sites excluding steroid dienone is 1. The smallest absolute Gasteiger partial charge is 0.338 e. The lowest BCUT2D eigenvalue weighted by Gasteiger charge is -2.26. The number of esters is 2. The molecule has 0 radical (unpaired) electrons. The van der Waals surface area contributed by atoms with Gasteiger partial charge in [-0.1, -0.05) is 48.9 Å². The molecule has 7 heteroatoms. The fourth-order valence-electron chi connectivity index (χ4n) is 5.08. The Hall–Kier alpha value is -3.16. The number of hydrogen-bond acceptors (Lipinski definition) is 7. The van der Waals surface area contributed by atoms with Crippen molar-refractivity contribution in [1.29, 1.82) is 0 Å². The average Bonchev–Trinajstić information content (AvgIpc) is 3.01. The Morgan fingerprint density at radius 3 is 2.43 bits per heavy atom. The maximum Gasteiger partial charge on any atom is 0.338 e. The van der Waals surface area contributed by atoms with Gasteiger partial charge < -0.3 is 18.9 Å². The number of hydrogen-bond donors (Lipinski definition) is 0. The van der Waals surface area contributed by atoms with Gasteiger partial charge in [0.05, 0.1) is 38.6 Å². The number of ether oxygens (including phenoxy) is 4. The lowest BCUT2D eigenvalue weighted by Crippen LogP contribution is -2.36. The highest BCUT2D eigenvalue weighted by Gasteiger charge is 2.12. The SMILES string of the molecule is CCOC(=O)CCCCC(/C=C/c1ccccc1OCCCCCN1CCOCC1)Cc1ccc(C(=O)OCC)cc1. The zero-order chi connectivity index (χ0) is 29.8. The number of rotatable bonds is 19. The van der Waals surface area contributed by atoms with E-state index in [1.165, 1.54) is 6.42 Å². The predicted molar refractivity (Wildman–Crippen MR) is 167 cm³/mol. The first-order chi connectivity index (χ1) is 20.6. The standard InChI is InChI=1S/C35H49NO6/c1-3-40-34(37)15-9-6-12-29(28-30-17-20-32(21-18-30)35(38)41-4-2)16-19-31-13-7-8-14-33(31)42-25-11-5-10-22-36-23-26-39-27-24-36/h7-8,13-14,16-21,29H,3-6,9-12,15,22-28H2,1-2H3/b19-16+. The highest BCUT2D eigenvalue weighted by atomic mass is 16.5. The van der Waals surface area contributed by atoms with Crippen LogP contribution in [0, 0.1) is 5.92 Å². The second kappa shape index (κ2) is 19.9. The van der Waals surface area contributed by atoms with E-state index in [1.54, 1.807) is 0 Å². The molecule has 0 amide bonds. The van der Waals surface area contributed by atoms with Crippen LogP contribution in [0.3, 0.4) is 0 Å². The Kier molecular flexibility index (Phi) is 15.8. The Morgan fingerprint density at radius 2 is 1.67 bits per heavy atom. The van der Waals surface area contributed by atoms with Gasteiger partial charge in [0.25, 0.3) is 0 Å². The van der Waals surface area contributed by atoms with Crippen LogP contribution in [0.1, 0.15) is 80.3 Å². The number of para-hydroxylation sites is 1. The highest BCUT2D eigenvalue weighted by Crippen LogP contribution is 2.24. The average molecular weight is 580 g/mol. The maximum atomic E-state index is 12.0. The molecule has 7 nitrogen and oxygen atoms in total. The van der Waals surface area contributed by atoms with Crippen LogP contribution in [-0.2, 0) is 25.4 Å². The van der Waals surface area contributed by atoms with Crippen molar-refractivity contribution in [3.05, 3.63) is 71.3 Å². The van der Waals surface area contributed by atoms with E-state index in [0.29, 0.717) is 31.8 Å². The van der Waals surface area contributed by atoms with E-state index in [0.717, 1.165) is 88.2 Å². The summed E-state index contributed by atoms with van der Waals surface area (Å²) in [5.74, 6) is 0.746. The molecule has 42 heavy (non-hydrogen) atoms. The fourth-order valence-corrected chi connectivity index (χ4v) is 5.08. The molecule has 0 spiro atoms. The maximum absolute atomic E-state index is 12.0. The van der Waals surface area contributed by atoms with Crippen LogP contribution in [0.4, 0.5) is 0 Å². The van der Waals surface area contributed by atoms with E-state index in [4.69, 9.17) is 18.9 Å². The van der Waals surface area contributed by atoms with Crippen molar-refractivity contribution in [2.75, 3.05) is 52.7 Å². The Bertz CT molecular complexity index is 1080. The molecule has 1 aliphatic heterocycles. The number of morpholine rings is 1. The lowest BCUT2D eigenvalue weighted by atomic mass is 9.92. The predicted octanol–water partition coefficient (Wildman–Crippen LogP) is 6.74. The van der Waals surface area contributed by atoms with Crippen molar-refractivity contribution >= 4 is 18.0 Å². The third-order valence-corrected chi connectivity index (χ3v) is 7.42. The van der Waals surface area contributed by atoms with Crippen LogP contribution in [0.15, 0.2) is 54.6 Å². The molecule has 0 saturated carbocycles. The molecule has 2 aromatic rings. The van der Waals surface area contributed by atoms with Gasteiger partial charge in [-0.15, -0.1) is 0 Å². The van der Waals surface area contributed by atoms with Crippen LogP contribution < -0.4 is 4.74 Å². The molecule has 230 valence electrons. The molecule has 1 atom stereocenters. The van der Waals surface area contributed by atoms with Gasteiger partial charge in [0.2, 0.25) is 0 Å². The summed E-state index contributed by atoms with van der Waals surface area (Å²) in [6, 6.07) is 15.9. The molecule has 0 aliphatic carbocycles. The van der Waals surface area contributed by atoms with Gasteiger partial charge in [-0.3, -0.25) is 9.69 Å². The summed E-state index contributed by atoms with van der Waals surface area (Å²) < 4.78 is 21.8. The third kappa shape index (κ3) is 12.8. The summed E-state index contributed by atoms with van der Waals surface area (Å²) in [6.45, 7) is 10.0. The van der Waals surface area contributed by atoms with Crippen molar-refractivity contribution in [3.63, 3.8) is 0 Å². The number of carbonyl (C=O) groups is 2. The third-order valence-electron chi connectivity index (χ3n) is 7.42. The molecule has 1 heterocycles. The van der Waals surface area contributed by atoms with E-state index >= 15 is 0 Å². The van der Waals surface area contributed by atoms with Crippen molar-refractivity contribution < 1.29 is 28.5 Å². The Morgan fingerprint density at radius 1 is 0.905 bits per heavy atom. The topological polar surface area (TPSA) is 74.3 Å². The van der Waals surface area contributed by atoms with E-state index in [-0.39, 0.29) is 17.9 Å². The molecule has 1 unspecified atom stereocenters. The normalized spacial score (nSPS) is 14.5. The molecule has 1 fully saturated rings. The minimum Gasteiger partial charge on any atom is -0.493 e. The zero-order valence-corrected chi connectivity index (χ0v) is 25.6. The fraction of sp³-hybridized carbons (Fsp3) is 0.543. The molecule has 1 aliphatic rings. The Labute approximate surface area is 252 Å². The summed E-state index contributed by atoms with van der Waals surface area (Å²) in [5, 5.41) is 0. The second-order valence-electron chi connectivity index (χ2n) is 10.7. The van der Waals surface area contributed by atoms with Gasteiger partial charge >= 0.3 is 11.9 Å². The van der Waals surface area contributed by atoms with Gasteiger partial charge in [0.1, 0.15) is 5.75 Å². The van der Waals surface area contributed by atoms with Crippen LogP contribution in [0.2, 0.25) is 0 Å². The molecule has 3 rings (SSSR count). The van der Waals surface area contributed by atoms with Gasteiger partial charge in [0.15, 0.2) is 0 Å². The summed E-state index contributed by atoms with van der Waals surface area (Å²) in [4.78, 5) is 26.3. The molecule has 0 N–H and O–H groups in total. The highest BCUT2D eigenvalue weighted by molar-refractivity contribution is 5.89. The number of carbonyl (C=O) groups excluding carboxylic acids is 2. The molecule has 0 aromatic heterocycles. The quantitative estimate of drug-likeness (QED) is 0.135. The summed E-state index contributed by atoms with van der Waals surface area (Å²) in [7, 11) is 0. The van der Waals surface area contributed by atoms with Gasteiger partial charge in [-0.05, 0) is 88.6 Å². The van der Waals surface area contributed by atoms with E-state index < -0.39 is 0 Å². The van der Waals surface area contributed by atoms with Gasteiger partial charge in [-0.25, -0.2) is 4.79 Å². The summed E-state index contributed by atoms with van der Waals surface area (Å²) in [6.07, 6.45) is 11.8. The number of nitrogens with zero attached hydrogens (tertiary/aromatic N) is 1.